The van der Waals surface area contributed by atoms with Gasteiger partial charge in [0, 0.05) is 6.54 Å². The Morgan fingerprint density at radius 1 is 1.24 bits per heavy atom. The standard InChI is InChI=1S/C21H26N2O2/c1-15(21(22)24)23-13-17-9-10-20-19(11-17)12-18(14-25-20)8-7-16-5-3-2-4-6-16/h2-6,9-11,15,18,23H,7-8,12-14H2,1H3,(H2,22,24). The highest BCUT2D eigenvalue weighted by molar-refractivity contribution is 5.79. The molecule has 4 heteroatoms. The fraction of sp³-hybridized carbons (Fsp3) is 0.381. The lowest BCUT2D eigenvalue weighted by atomic mass is 9.90. The molecule has 0 bridgehead atoms. The molecule has 1 aliphatic heterocycles. The smallest absolute Gasteiger partial charge is 0.234 e. The molecule has 4 nitrogen and oxygen atoms in total. The van der Waals surface area contributed by atoms with E-state index in [4.69, 9.17) is 10.5 Å². The molecule has 0 fully saturated rings. The Bertz CT molecular complexity index is 715. The molecular weight excluding hydrogens is 312 g/mol. The number of hydrogen-bond acceptors (Lipinski definition) is 3. The lowest BCUT2D eigenvalue weighted by molar-refractivity contribution is -0.119. The molecule has 2 aromatic rings. The summed E-state index contributed by atoms with van der Waals surface area (Å²) in [6, 6.07) is 16.5. The number of benzene rings is 2. The number of hydrogen-bond donors (Lipinski definition) is 2. The Morgan fingerprint density at radius 3 is 2.80 bits per heavy atom. The van der Waals surface area contributed by atoms with Crippen LogP contribution >= 0.6 is 0 Å². The zero-order chi connectivity index (χ0) is 17.6. The first-order valence-corrected chi connectivity index (χ1v) is 8.93. The fourth-order valence-corrected chi connectivity index (χ4v) is 3.19. The van der Waals surface area contributed by atoms with Gasteiger partial charge >= 0.3 is 0 Å². The second kappa shape index (κ2) is 8.17. The van der Waals surface area contributed by atoms with E-state index >= 15 is 0 Å². The van der Waals surface area contributed by atoms with Crippen molar-refractivity contribution in [2.24, 2.45) is 11.7 Å². The lowest BCUT2D eigenvalue weighted by Gasteiger charge is -2.26. The van der Waals surface area contributed by atoms with Crippen LogP contribution in [-0.2, 0) is 24.2 Å². The summed E-state index contributed by atoms with van der Waals surface area (Å²) in [5, 5.41) is 3.15. The SMILES string of the molecule is CC(NCc1ccc2c(c1)CC(CCc1ccccc1)CO2)C(N)=O. The molecule has 0 aromatic heterocycles. The summed E-state index contributed by atoms with van der Waals surface area (Å²) in [7, 11) is 0. The second-order valence-corrected chi connectivity index (χ2v) is 6.85. The van der Waals surface area contributed by atoms with Gasteiger partial charge in [-0.05, 0) is 54.9 Å². The van der Waals surface area contributed by atoms with E-state index in [9.17, 15) is 4.79 Å². The summed E-state index contributed by atoms with van der Waals surface area (Å²) in [5.41, 5.74) is 9.08. The lowest BCUT2D eigenvalue weighted by Crippen LogP contribution is -2.38. The Hall–Kier alpha value is -2.33. The van der Waals surface area contributed by atoms with Crippen LogP contribution in [0.25, 0.3) is 0 Å². The molecule has 0 saturated carbocycles. The molecule has 0 spiro atoms. The van der Waals surface area contributed by atoms with E-state index in [2.05, 4.69) is 41.7 Å². The number of aryl methyl sites for hydroxylation is 1. The molecule has 3 N–H and O–H groups in total. The topological polar surface area (TPSA) is 64.3 Å². The van der Waals surface area contributed by atoms with Gasteiger partial charge in [0.1, 0.15) is 5.75 Å². The molecule has 1 heterocycles. The van der Waals surface area contributed by atoms with Crippen molar-refractivity contribution in [3.8, 4) is 5.75 Å². The average molecular weight is 338 g/mol. The first-order valence-electron chi connectivity index (χ1n) is 8.93. The quantitative estimate of drug-likeness (QED) is 0.816. The third-order valence-electron chi connectivity index (χ3n) is 4.83. The van der Waals surface area contributed by atoms with Crippen LogP contribution in [0.3, 0.4) is 0 Å². The number of nitrogens with one attached hydrogen (secondary N) is 1. The maximum Gasteiger partial charge on any atom is 0.234 e. The third kappa shape index (κ3) is 4.83. The first kappa shape index (κ1) is 17.5. The van der Waals surface area contributed by atoms with E-state index in [1.165, 1.54) is 11.1 Å². The van der Waals surface area contributed by atoms with E-state index in [1.807, 2.05) is 12.1 Å². The van der Waals surface area contributed by atoms with Gasteiger partial charge in [0.05, 0.1) is 12.6 Å². The predicted molar refractivity (Wildman–Crippen MR) is 99.4 cm³/mol. The normalized spacial score (nSPS) is 17.4. The van der Waals surface area contributed by atoms with Gasteiger partial charge in [-0.15, -0.1) is 0 Å². The molecule has 1 aliphatic rings. The minimum absolute atomic E-state index is 0.328. The molecule has 1 amide bonds. The molecule has 0 saturated heterocycles. The molecular formula is C21H26N2O2. The Kier molecular flexibility index (Phi) is 5.71. The summed E-state index contributed by atoms with van der Waals surface area (Å²) >= 11 is 0. The maximum atomic E-state index is 11.1. The van der Waals surface area contributed by atoms with Crippen molar-refractivity contribution in [3.05, 3.63) is 65.2 Å². The van der Waals surface area contributed by atoms with Crippen LogP contribution in [0.5, 0.6) is 5.75 Å². The molecule has 0 radical (unpaired) electrons. The Labute approximate surface area is 149 Å². The van der Waals surface area contributed by atoms with Crippen LogP contribution < -0.4 is 15.8 Å². The third-order valence-corrected chi connectivity index (χ3v) is 4.83. The van der Waals surface area contributed by atoms with Crippen molar-refractivity contribution in [2.45, 2.75) is 38.8 Å². The monoisotopic (exact) mass is 338 g/mol. The van der Waals surface area contributed by atoms with Crippen molar-refractivity contribution in [1.82, 2.24) is 5.32 Å². The maximum absolute atomic E-state index is 11.1. The van der Waals surface area contributed by atoms with Gasteiger partial charge in [-0.25, -0.2) is 0 Å². The summed E-state index contributed by atoms with van der Waals surface area (Å²) in [4.78, 5) is 11.1. The number of amides is 1. The highest BCUT2D eigenvalue weighted by atomic mass is 16.5. The minimum Gasteiger partial charge on any atom is -0.493 e. The van der Waals surface area contributed by atoms with Crippen molar-refractivity contribution < 1.29 is 9.53 Å². The van der Waals surface area contributed by atoms with Gasteiger partial charge < -0.3 is 15.8 Å². The summed E-state index contributed by atoms with van der Waals surface area (Å²) in [5.74, 6) is 1.20. The van der Waals surface area contributed by atoms with Gasteiger partial charge in [0.25, 0.3) is 0 Å². The number of rotatable bonds is 7. The van der Waals surface area contributed by atoms with Crippen LogP contribution in [0.15, 0.2) is 48.5 Å². The number of ether oxygens (including phenoxy) is 1. The highest BCUT2D eigenvalue weighted by Gasteiger charge is 2.20. The van der Waals surface area contributed by atoms with E-state index in [0.29, 0.717) is 12.5 Å². The van der Waals surface area contributed by atoms with E-state index < -0.39 is 0 Å². The van der Waals surface area contributed by atoms with Crippen molar-refractivity contribution in [1.29, 1.82) is 0 Å². The number of carbonyl (C=O) groups is 1. The Balaban J connectivity index is 1.57. The van der Waals surface area contributed by atoms with E-state index in [0.717, 1.165) is 37.2 Å². The molecule has 0 aliphatic carbocycles. The molecule has 3 rings (SSSR count). The second-order valence-electron chi connectivity index (χ2n) is 6.85. The zero-order valence-corrected chi connectivity index (χ0v) is 14.7. The van der Waals surface area contributed by atoms with Crippen LogP contribution in [0.2, 0.25) is 0 Å². The molecule has 2 aromatic carbocycles. The van der Waals surface area contributed by atoms with Crippen LogP contribution in [0.4, 0.5) is 0 Å². The van der Waals surface area contributed by atoms with Crippen LogP contribution in [-0.4, -0.2) is 18.6 Å². The summed E-state index contributed by atoms with van der Waals surface area (Å²) < 4.78 is 5.95. The highest BCUT2D eigenvalue weighted by Crippen LogP contribution is 2.30. The van der Waals surface area contributed by atoms with Crippen LogP contribution in [0.1, 0.15) is 30.0 Å². The number of fused-ring (bicyclic) bond motifs is 1. The van der Waals surface area contributed by atoms with Crippen molar-refractivity contribution in [2.75, 3.05) is 6.61 Å². The van der Waals surface area contributed by atoms with E-state index in [-0.39, 0.29) is 11.9 Å². The van der Waals surface area contributed by atoms with Gasteiger partial charge in [0.2, 0.25) is 5.91 Å². The predicted octanol–water partition coefficient (Wildman–Crippen LogP) is 2.83. The van der Waals surface area contributed by atoms with Gasteiger partial charge in [-0.3, -0.25) is 4.79 Å². The molecule has 2 unspecified atom stereocenters. The fourth-order valence-electron chi connectivity index (χ4n) is 3.19. The average Bonchev–Trinajstić information content (AvgIpc) is 2.64. The number of primary amides is 1. The van der Waals surface area contributed by atoms with Gasteiger partial charge in [-0.1, -0.05) is 42.5 Å². The zero-order valence-electron chi connectivity index (χ0n) is 14.7. The molecule has 2 atom stereocenters. The first-order chi connectivity index (χ1) is 12.1. The largest absolute Gasteiger partial charge is 0.493 e. The van der Waals surface area contributed by atoms with Gasteiger partial charge in [-0.2, -0.15) is 0 Å². The number of nitrogens with two attached hydrogens (primary N) is 1. The van der Waals surface area contributed by atoms with Crippen molar-refractivity contribution >= 4 is 5.91 Å². The number of carbonyl (C=O) groups excluding carboxylic acids is 1. The van der Waals surface area contributed by atoms with Crippen LogP contribution in [0, 0.1) is 5.92 Å². The molecule has 132 valence electrons. The van der Waals surface area contributed by atoms with E-state index in [1.54, 1.807) is 6.92 Å². The molecule has 25 heavy (non-hydrogen) atoms. The van der Waals surface area contributed by atoms with Crippen molar-refractivity contribution in [3.63, 3.8) is 0 Å². The summed E-state index contributed by atoms with van der Waals surface area (Å²) in [6.07, 6.45) is 3.26. The summed E-state index contributed by atoms with van der Waals surface area (Å²) in [6.45, 7) is 3.20. The Morgan fingerprint density at radius 2 is 2.04 bits per heavy atom. The van der Waals surface area contributed by atoms with Gasteiger partial charge in [0.15, 0.2) is 0 Å². The minimum atomic E-state index is -0.331.